The van der Waals surface area contributed by atoms with Gasteiger partial charge in [-0.1, -0.05) is 54.1 Å². The van der Waals surface area contributed by atoms with Crippen molar-refractivity contribution in [3.63, 3.8) is 0 Å². The molecule has 0 saturated heterocycles. The van der Waals surface area contributed by atoms with Gasteiger partial charge in [0.05, 0.1) is 32.8 Å². The molecule has 0 fully saturated rings. The van der Waals surface area contributed by atoms with Gasteiger partial charge in [-0.25, -0.2) is 20.4 Å². The summed E-state index contributed by atoms with van der Waals surface area (Å²) in [6.07, 6.45) is 4.50. The maximum Gasteiger partial charge on any atom is 0.283 e. The third-order valence-electron chi connectivity index (χ3n) is 5.61. The van der Waals surface area contributed by atoms with Crippen LogP contribution in [0.2, 0.25) is 0 Å². The molecule has 0 unspecified atom stereocenters. The number of nitrogens with one attached hydrogen (secondary N) is 1. The highest BCUT2D eigenvalue weighted by Gasteiger charge is 2.17. The lowest BCUT2D eigenvalue weighted by molar-refractivity contribution is -0.387. The van der Waals surface area contributed by atoms with E-state index in [1.807, 2.05) is 55.5 Å². The number of fused-ring (bicyclic) bond motifs is 1. The molecule has 1 amide bonds. The Morgan fingerprint density at radius 1 is 1.00 bits per heavy atom. The van der Waals surface area contributed by atoms with E-state index in [2.05, 4.69) is 20.5 Å². The smallest absolute Gasteiger partial charge is 0.267 e. The van der Waals surface area contributed by atoms with Crippen LogP contribution in [0, 0.1) is 17.0 Å². The number of nitrogens with zero attached hydrogens (tertiary/aromatic N) is 5. The average molecular weight is 521 g/mol. The van der Waals surface area contributed by atoms with Gasteiger partial charge < -0.3 is 0 Å². The molecule has 5 aromatic rings. The number of hydrogen-bond acceptors (Lipinski definition) is 8. The van der Waals surface area contributed by atoms with Gasteiger partial charge in [-0.15, -0.1) is 0 Å². The van der Waals surface area contributed by atoms with Crippen molar-refractivity contribution in [1.29, 1.82) is 0 Å². The van der Waals surface area contributed by atoms with Crippen LogP contribution in [0.15, 0.2) is 106 Å². The van der Waals surface area contributed by atoms with Crippen molar-refractivity contribution in [2.75, 3.05) is 0 Å². The minimum Gasteiger partial charge on any atom is -0.267 e. The van der Waals surface area contributed by atoms with Gasteiger partial charge in [-0.2, -0.15) is 5.10 Å². The summed E-state index contributed by atoms with van der Waals surface area (Å²) in [7, 11) is 0. The molecule has 38 heavy (non-hydrogen) atoms. The molecule has 9 nitrogen and oxygen atoms in total. The van der Waals surface area contributed by atoms with Crippen molar-refractivity contribution in [3.8, 4) is 11.3 Å². The Balaban J connectivity index is 1.39. The molecule has 3 aromatic carbocycles. The number of hydrazone groups is 1. The van der Waals surface area contributed by atoms with Gasteiger partial charge in [0, 0.05) is 35.0 Å². The van der Waals surface area contributed by atoms with Gasteiger partial charge in [-0.05, 0) is 43.0 Å². The highest BCUT2D eigenvalue weighted by Crippen LogP contribution is 2.33. The predicted molar refractivity (Wildman–Crippen MR) is 146 cm³/mol. The van der Waals surface area contributed by atoms with Gasteiger partial charge in [0.1, 0.15) is 0 Å². The molecule has 2 heterocycles. The number of nitro groups is 1. The number of hydrogen-bond donors (Lipinski definition) is 1. The molecule has 0 aliphatic heterocycles. The van der Waals surface area contributed by atoms with Gasteiger partial charge >= 0.3 is 0 Å². The van der Waals surface area contributed by atoms with E-state index in [0.29, 0.717) is 37.8 Å². The number of nitro benzene ring substituents is 1. The Morgan fingerprint density at radius 2 is 1.76 bits per heavy atom. The zero-order chi connectivity index (χ0) is 26.5. The molecule has 0 saturated carbocycles. The number of carbonyl (C=O) groups is 1. The fourth-order valence-corrected chi connectivity index (χ4v) is 4.54. The van der Waals surface area contributed by atoms with Crippen LogP contribution < -0.4 is 5.43 Å². The average Bonchev–Trinajstić information content (AvgIpc) is 2.94. The standard InChI is InChI=1S/C28H20N6O3S/c1-18-7-10-20(11-8-18)24-16-22(21-5-2-3-6-23(21)32-24)27(35)33-31-17-19-9-12-26(25(15-19)34(36)37)38-28-29-13-4-14-30-28/h2-17H,1H3,(H,33,35). The maximum atomic E-state index is 13.1. The van der Waals surface area contributed by atoms with Crippen LogP contribution in [0.5, 0.6) is 0 Å². The van der Waals surface area contributed by atoms with Crippen LogP contribution in [0.25, 0.3) is 22.2 Å². The SMILES string of the molecule is Cc1ccc(-c2cc(C(=O)NN=Cc3ccc(Sc4ncccn4)c([N+](=O)[O-])c3)c3ccccc3n2)cc1. The summed E-state index contributed by atoms with van der Waals surface area (Å²) in [6, 6.07) is 23.4. The minimum absolute atomic E-state index is 0.111. The number of aryl methyl sites for hydroxylation is 1. The van der Waals surface area contributed by atoms with E-state index in [9.17, 15) is 14.9 Å². The lowest BCUT2D eigenvalue weighted by atomic mass is 10.0. The first kappa shape index (κ1) is 24.7. The van der Waals surface area contributed by atoms with E-state index in [1.54, 1.807) is 36.7 Å². The van der Waals surface area contributed by atoms with Crippen molar-refractivity contribution < 1.29 is 9.72 Å². The summed E-state index contributed by atoms with van der Waals surface area (Å²) in [6.45, 7) is 2.01. The number of aromatic nitrogens is 3. The number of amides is 1. The number of para-hydroxylation sites is 1. The second kappa shape index (κ2) is 11.0. The highest BCUT2D eigenvalue weighted by atomic mass is 32.2. The molecule has 0 spiro atoms. The summed E-state index contributed by atoms with van der Waals surface area (Å²) in [4.78, 5) is 37.6. The number of carbonyl (C=O) groups excluding carboxylic acids is 1. The molecule has 0 bridgehead atoms. The molecule has 186 valence electrons. The van der Waals surface area contributed by atoms with Crippen molar-refractivity contribution >= 4 is 40.5 Å². The third-order valence-corrected chi connectivity index (χ3v) is 6.57. The Labute approximate surface area is 221 Å². The summed E-state index contributed by atoms with van der Waals surface area (Å²) in [5.74, 6) is -0.420. The first-order chi connectivity index (χ1) is 18.5. The van der Waals surface area contributed by atoms with E-state index >= 15 is 0 Å². The molecule has 0 aliphatic carbocycles. The predicted octanol–water partition coefficient (Wildman–Crippen LogP) is 5.82. The van der Waals surface area contributed by atoms with Crippen molar-refractivity contribution in [2.45, 2.75) is 17.0 Å². The molecule has 10 heteroatoms. The van der Waals surface area contributed by atoms with Crippen molar-refractivity contribution in [3.05, 3.63) is 118 Å². The topological polar surface area (TPSA) is 123 Å². The van der Waals surface area contributed by atoms with Crippen molar-refractivity contribution in [2.24, 2.45) is 5.10 Å². The summed E-state index contributed by atoms with van der Waals surface area (Å²) in [5, 5.41) is 16.8. The van der Waals surface area contributed by atoms with E-state index < -0.39 is 10.8 Å². The van der Waals surface area contributed by atoms with Crippen LogP contribution in [-0.4, -0.2) is 32.0 Å². The van der Waals surface area contributed by atoms with Crippen LogP contribution in [-0.2, 0) is 0 Å². The van der Waals surface area contributed by atoms with Gasteiger partial charge in [-0.3, -0.25) is 14.9 Å². The molecular formula is C28H20N6O3S. The quantitative estimate of drug-likeness (QED) is 0.124. The fourth-order valence-electron chi connectivity index (χ4n) is 3.74. The molecular weight excluding hydrogens is 500 g/mol. The second-order valence-corrected chi connectivity index (χ2v) is 9.26. The Morgan fingerprint density at radius 3 is 2.53 bits per heavy atom. The van der Waals surface area contributed by atoms with E-state index in [0.717, 1.165) is 22.9 Å². The number of benzene rings is 3. The first-order valence-corrected chi connectivity index (χ1v) is 12.3. The fraction of sp³-hybridized carbons (Fsp3) is 0.0357. The normalized spacial score (nSPS) is 11.1. The second-order valence-electron chi connectivity index (χ2n) is 8.26. The van der Waals surface area contributed by atoms with Crippen molar-refractivity contribution in [1.82, 2.24) is 20.4 Å². The number of rotatable bonds is 7. The largest absolute Gasteiger partial charge is 0.283 e. The molecule has 0 radical (unpaired) electrons. The maximum absolute atomic E-state index is 13.1. The van der Waals surface area contributed by atoms with Crippen LogP contribution >= 0.6 is 11.8 Å². The summed E-state index contributed by atoms with van der Waals surface area (Å²) >= 11 is 1.09. The zero-order valence-corrected chi connectivity index (χ0v) is 20.9. The molecule has 0 aliphatic rings. The van der Waals surface area contributed by atoms with Crippen LogP contribution in [0.4, 0.5) is 5.69 Å². The van der Waals surface area contributed by atoms with Gasteiger partial charge in [0.25, 0.3) is 11.6 Å². The van der Waals surface area contributed by atoms with Gasteiger partial charge in [0.15, 0.2) is 5.16 Å². The van der Waals surface area contributed by atoms with Crippen LogP contribution in [0.3, 0.4) is 0 Å². The summed E-state index contributed by atoms with van der Waals surface area (Å²) in [5.41, 5.74) is 6.68. The Hall–Kier alpha value is -4.96. The monoisotopic (exact) mass is 520 g/mol. The first-order valence-electron chi connectivity index (χ1n) is 11.5. The Bertz CT molecular complexity index is 1670. The minimum atomic E-state index is -0.475. The Kier molecular flexibility index (Phi) is 7.14. The van der Waals surface area contributed by atoms with E-state index in [4.69, 9.17) is 4.98 Å². The van der Waals surface area contributed by atoms with Crippen LogP contribution in [0.1, 0.15) is 21.5 Å². The lowest BCUT2D eigenvalue weighted by Crippen LogP contribution is -2.18. The third kappa shape index (κ3) is 5.55. The van der Waals surface area contributed by atoms with E-state index in [-0.39, 0.29) is 5.69 Å². The zero-order valence-electron chi connectivity index (χ0n) is 20.1. The molecule has 2 aromatic heterocycles. The lowest BCUT2D eigenvalue weighted by Gasteiger charge is -2.09. The molecule has 0 atom stereocenters. The van der Waals surface area contributed by atoms with E-state index in [1.165, 1.54) is 12.3 Å². The van der Waals surface area contributed by atoms with Gasteiger partial charge in [0.2, 0.25) is 0 Å². The molecule has 1 N–H and O–H groups in total. The summed E-state index contributed by atoms with van der Waals surface area (Å²) < 4.78 is 0. The molecule has 5 rings (SSSR count). The highest BCUT2D eigenvalue weighted by molar-refractivity contribution is 7.99. The number of pyridine rings is 1.